The Labute approximate surface area is 107 Å². The fourth-order valence-electron chi connectivity index (χ4n) is 2.69. The van der Waals surface area contributed by atoms with Gasteiger partial charge < -0.3 is 4.74 Å². The van der Waals surface area contributed by atoms with Crippen LogP contribution in [0.5, 0.6) is 0 Å². The second kappa shape index (κ2) is 5.07. The van der Waals surface area contributed by atoms with Gasteiger partial charge in [-0.05, 0) is 48.6 Å². The molecule has 1 saturated heterocycles. The molecule has 0 bridgehead atoms. The Hall–Kier alpha value is -0.0500. The molecule has 1 aliphatic heterocycles. The molecule has 1 nitrogen and oxygen atoms in total. The quantitative estimate of drug-likeness (QED) is 0.746. The average molecular weight is 259 g/mol. The van der Waals surface area contributed by atoms with Crippen molar-refractivity contribution >= 4 is 22.9 Å². The third-order valence-corrected chi connectivity index (χ3v) is 4.92. The van der Waals surface area contributed by atoms with Crippen LogP contribution in [-0.2, 0) is 11.2 Å². The Morgan fingerprint density at radius 2 is 2.12 bits per heavy atom. The van der Waals surface area contributed by atoms with Crippen molar-refractivity contribution in [2.24, 2.45) is 11.8 Å². The highest BCUT2D eigenvalue weighted by Gasteiger charge is 2.40. The molecule has 5 atom stereocenters. The SMILES string of the molecule is CC1OC(C)C(C(Cl)Cc2ccsc2)C1C. The van der Waals surface area contributed by atoms with Crippen molar-refractivity contribution in [1.82, 2.24) is 0 Å². The van der Waals surface area contributed by atoms with Crippen LogP contribution in [-0.4, -0.2) is 17.6 Å². The van der Waals surface area contributed by atoms with Crippen LogP contribution in [0.2, 0.25) is 0 Å². The number of alkyl halides is 1. The lowest BCUT2D eigenvalue weighted by Crippen LogP contribution is -2.28. The van der Waals surface area contributed by atoms with Gasteiger partial charge in [-0.25, -0.2) is 0 Å². The molecule has 0 saturated carbocycles. The summed E-state index contributed by atoms with van der Waals surface area (Å²) in [5, 5.41) is 4.48. The van der Waals surface area contributed by atoms with Gasteiger partial charge in [0, 0.05) is 11.3 Å². The Balaban J connectivity index is 2.01. The predicted molar refractivity (Wildman–Crippen MR) is 70.3 cm³/mol. The maximum Gasteiger partial charge on any atom is 0.0596 e. The molecule has 3 heteroatoms. The third kappa shape index (κ3) is 2.44. The zero-order valence-corrected chi connectivity index (χ0v) is 11.6. The van der Waals surface area contributed by atoms with E-state index in [1.165, 1.54) is 5.56 Å². The fourth-order valence-corrected chi connectivity index (χ4v) is 3.98. The summed E-state index contributed by atoms with van der Waals surface area (Å²) in [6.07, 6.45) is 1.58. The Morgan fingerprint density at radius 1 is 1.38 bits per heavy atom. The first-order valence-corrected chi connectivity index (χ1v) is 7.28. The van der Waals surface area contributed by atoms with Crippen LogP contribution in [0.4, 0.5) is 0 Å². The average Bonchev–Trinajstić information content (AvgIpc) is 2.77. The van der Waals surface area contributed by atoms with E-state index in [0.717, 1.165) is 6.42 Å². The van der Waals surface area contributed by atoms with E-state index in [4.69, 9.17) is 16.3 Å². The minimum Gasteiger partial charge on any atom is -0.375 e. The van der Waals surface area contributed by atoms with Crippen molar-refractivity contribution < 1.29 is 4.74 Å². The molecular weight excluding hydrogens is 240 g/mol. The van der Waals surface area contributed by atoms with Crippen molar-refractivity contribution in [3.05, 3.63) is 22.4 Å². The zero-order chi connectivity index (χ0) is 11.7. The summed E-state index contributed by atoms with van der Waals surface area (Å²) in [4.78, 5) is 0. The molecule has 0 aliphatic carbocycles. The summed E-state index contributed by atoms with van der Waals surface area (Å²) >= 11 is 8.29. The van der Waals surface area contributed by atoms with Crippen molar-refractivity contribution in [3.8, 4) is 0 Å². The third-order valence-electron chi connectivity index (χ3n) is 3.75. The molecule has 5 unspecified atom stereocenters. The second-order valence-electron chi connectivity index (χ2n) is 4.83. The van der Waals surface area contributed by atoms with E-state index in [1.54, 1.807) is 11.3 Å². The summed E-state index contributed by atoms with van der Waals surface area (Å²) in [7, 11) is 0. The van der Waals surface area contributed by atoms with Gasteiger partial charge in [0.25, 0.3) is 0 Å². The fraction of sp³-hybridized carbons (Fsp3) is 0.692. The maximum absolute atomic E-state index is 6.56. The highest BCUT2D eigenvalue weighted by molar-refractivity contribution is 7.07. The van der Waals surface area contributed by atoms with Gasteiger partial charge in [-0.15, -0.1) is 11.6 Å². The smallest absolute Gasteiger partial charge is 0.0596 e. The molecule has 0 amide bonds. The molecule has 1 aliphatic rings. The first kappa shape index (κ1) is 12.4. The van der Waals surface area contributed by atoms with Crippen LogP contribution in [0, 0.1) is 11.8 Å². The predicted octanol–water partition coefficient (Wildman–Crippen LogP) is 3.96. The van der Waals surface area contributed by atoms with E-state index in [9.17, 15) is 0 Å². The van der Waals surface area contributed by atoms with Crippen LogP contribution in [0.15, 0.2) is 16.8 Å². The molecule has 16 heavy (non-hydrogen) atoms. The summed E-state index contributed by atoms with van der Waals surface area (Å²) < 4.78 is 5.84. The Kier molecular flexibility index (Phi) is 3.93. The molecule has 90 valence electrons. The molecule has 2 heterocycles. The number of ether oxygens (including phenoxy) is 1. The van der Waals surface area contributed by atoms with Crippen LogP contribution >= 0.6 is 22.9 Å². The lowest BCUT2D eigenvalue weighted by Gasteiger charge is -2.23. The maximum atomic E-state index is 6.56. The summed E-state index contributed by atoms with van der Waals surface area (Å²) in [6.45, 7) is 6.55. The molecule has 0 N–H and O–H groups in total. The van der Waals surface area contributed by atoms with Gasteiger partial charge in [-0.2, -0.15) is 11.3 Å². The monoisotopic (exact) mass is 258 g/mol. The molecule has 0 spiro atoms. The number of rotatable bonds is 3. The van der Waals surface area contributed by atoms with Gasteiger partial charge in [0.1, 0.15) is 0 Å². The first-order valence-electron chi connectivity index (χ1n) is 5.90. The molecule has 0 aromatic carbocycles. The second-order valence-corrected chi connectivity index (χ2v) is 6.18. The molecule has 1 aromatic rings. The van der Waals surface area contributed by atoms with Gasteiger partial charge >= 0.3 is 0 Å². The number of halogens is 1. The standard InChI is InChI=1S/C13H19ClOS/c1-8-9(2)15-10(3)13(8)12(14)6-11-4-5-16-7-11/h4-5,7-10,12-13H,6H2,1-3H3. The number of thiophene rings is 1. The lowest BCUT2D eigenvalue weighted by atomic mass is 9.85. The highest BCUT2D eigenvalue weighted by atomic mass is 35.5. The zero-order valence-electron chi connectivity index (χ0n) is 10.0. The van der Waals surface area contributed by atoms with Crippen molar-refractivity contribution in [2.45, 2.75) is 44.8 Å². The number of hydrogen-bond acceptors (Lipinski definition) is 2. The van der Waals surface area contributed by atoms with Gasteiger partial charge in [-0.3, -0.25) is 0 Å². The lowest BCUT2D eigenvalue weighted by molar-refractivity contribution is 0.0508. The van der Waals surface area contributed by atoms with Gasteiger partial charge in [-0.1, -0.05) is 6.92 Å². The van der Waals surface area contributed by atoms with Crippen LogP contribution in [0.1, 0.15) is 26.3 Å². The van der Waals surface area contributed by atoms with E-state index in [0.29, 0.717) is 17.9 Å². The van der Waals surface area contributed by atoms with Crippen LogP contribution in [0.25, 0.3) is 0 Å². The van der Waals surface area contributed by atoms with E-state index in [1.807, 2.05) is 0 Å². The van der Waals surface area contributed by atoms with Gasteiger partial charge in [0.05, 0.1) is 12.2 Å². The Bertz CT molecular complexity index is 325. The molecule has 1 aromatic heterocycles. The van der Waals surface area contributed by atoms with Crippen molar-refractivity contribution in [2.75, 3.05) is 0 Å². The van der Waals surface area contributed by atoms with E-state index >= 15 is 0 Å². The van der Waals surface area contributed by atoms with Gasteiger partial charge in [0.2, 0.25) is 0 Å². The van der Waals surface area contributed by atoms with Crippen LogP contribution < -0.4 is 0 Å². The van der Waals surface area contributed by atoms with E-state index < -0.39 is 0 Å². The largest absolute Gasteiger partial charge is 0.375 e. The molecule has 1 fully saturated rings. The molecule has 2 rings (SSSR count). The number of hydrogen-bond donors (Lipinski definition) is 0. The van der Waals surface area contributed by atoms with Crippen molar-refractivity contribution in [1.29, 1.82) is 0 Å². The minimum atomic E-state index is 0.185. The van der Waals surface area contributed by atoms with Gasteiger partial charge in [0.15, 0.2) is 0 Å². The summed E-state index contributed by atoms with van der Waals surface area (Å²) in [6, 6.07) is 2.16. The first-order chi connectivity index (χ1) is 7.59. The summed E-state index contributed by atoms with van der Waals surface area (Å²) in [5.74, 6) is 1.02. The van der Waals surface area contributed by atoms with E-state index in [2.05, 4.69) is 37.6 Å². The molecule has 0 radical (unpaired) electrons. The van der Waals surface area contributed by atoms with Crippen molar-refractivity contribution in [3.63, 3.8) is 0 Å². The highest BCUT2D eigenvalue weighted by Crippen LogP contribution is 2.37. The normalized spacial score (nSPS) is 36.5. The molecular formula is C13H19ClOS. The van der Waals surface area contributed by atoms with Crippen LogP contribution in [0.3, 0.4) is 0 Å². The van der Waals surface area contributed by atoms with E-state index in [-0.39, 0.29) is 11.5 Å². The summed E-state index contributed by atoms with van der Waals surface area (Å²) in [5.41, 5.74) is 1.35. The topological polar surface area (TPSA) is 9.23 Å². The minimum absolute atomic E-state index is 0.185. The Morgan fingerprint density at radius 3 is 2.62 bits per heavy atom.